The van der Waals surface area contributed by atoms with Gasteiger partial charge in [-0.05, 0) is 6.42 Å². The first-order valence-electron chi connectivity index (χ1n) is 4.83. The third-order valence-electron chi connectivity index (χ3n) is 1.86. The molecule has 0 aromatic rings. The second kappa shape index (κ2) is 6.76. The molecule has 0 atom stereocenters. The summed E-state index contributed by atoms with van der Waals surface area (Å²) >= 11 is 0. The van der Waals surface area contributed by atoms with Gasteiger partial charge < -0.3 is 5.11 Å². The maximum atomic E-state index is 11.4. The Morgan fingerprint density at radius 3 is 2.53 bits per heavy atom. The van der Waals surface area contributed by atoms with Crippen LogP contribution in [-0.4, -0.2) is 43.9 Å². The van der Waals surface area contributed by atoms with E-state index in [-0.39, 0.29) is 13.0 Å². The molecule has 0 aliphatic rings. The van der Waals surface area contributed by atoms with Crippen LogP contribution in [0.5, 0.6) is 0 Å². The molecule has 0 bridgehead atoms. The molecule has 0 saturated heterocycles. The fraction of sp³-hybridized carbons (Fsp3) is 0.875. The summed E-state index contributed by atoms with van der Waals surface area (Å²) in [6.45, 7) is 2.34. The van der Waals surface area contributed by atoms with Crippen LogP contribution in [0, 0.1) is 0 Å². The van der Waals surface area contributed by atoms with Gasteiger partial charge in [-0.15, -0.1) is 0 Å². The van der Waals surface area contributed by atoms with E-state index in [0.717, 1.165) is 12.8 Å². The highest BCUT2D eigenvalue weighted by Crippen LogP contribution is 1.97. The van der Waals surface area contributed by atoms with Crippen molar-refractivity contribution in [3.8, 4) is 0 Å². The number of nitrogens with zero attached hydrogens (tertiary/aromatic N) is 1. The van der Waals surface area contributed by atoms with Gasteiger partial charge in [0, 0.05) is 20.1 Å². The Kier molecular flexibility index (Phi) is 6.46. The largest absolute Gasteiger partial charge is 0.481 e. The Bertz CT molecular complexity index is 289. The van der Waals surface area contributed by atoms with E-state index >= 15 is 0 Å². The van der Waals surface area contributed by atoms with Crippen molar-refractivity contribution in [2.75, 3.05) is 20.1 Å². The van der Waals surface area contributed by atoms with Crippen molar-refractivity contribution in [2.24, 2.45) is 0 Å². The number of hydrogen-bond acceptors (Lipinski definition) is 3. The number of unbranched alkanes of at least 4 members (excludes halogenated alkanes) is 1. The van der Waals surface area contributed by atoms with Crippen molar-refractivity contribution in [2.45, 2.75) is 26.2 Å². The average Bonchev–Trinajstić information content (AvgIpc) is 2.13. The van der Waals surface area contributed by atoms with Gasteiger partial charge in [0.25, 0.3) is 10.2 Å². The van der Waals surface area contributed by atoms with E-state index in [1.165, 1.54) is 11.4 Å². The molecule has 0 radical (unpaired) electrons. The molecule has 6 nitrogen and oxygen atoms in total. The lowest BCUT2D eigenvalue weighted by Gasteiger charge is -2.16. The summed E-state index contributed by atoms with van der Waals surface area (Å²) in [4.78, 5) is 10.2. The second-order valence-electron chi connectivity index (χ2n) is 3.22. The van der Waals surface area contributed by atoms with E-state index in [9.17, 15) is 13.2 Å². The first-order valence-corrected chi connectivity index (χ1v) is 6.27. The molecule has 0 heterocycles. The van der Waals surface area contributed by atoms with Crippen molar-refractivity contribution in [1.82, 2.24) is 9.03 Å². The molecule has 15 heavy (non-hydrogen) atoms. The molecule has 0 spiro atoms. The first-order chi connectivity index (χ1) is 6.90. The van der Waals surface area contributed by atoms with Crippen molar-refractivity contribution < 1.29 is 18.3 Å². The van der Waals surface area contributed by atoms with E-state index in [2.05, 4.69) is 4.72 Å². The number of carbonyl (C=O) groups is 1. The summed E-state index contributed by atoms with van der Waals surface area (Å²) in [5, 5.41) is 8.34. The maximum absolute atomic E-state index is 11.4. The normalized spacial score (nSPS) is 11.9. The fourth-order valence-corrected chi connectivity index (χ4v) is 1.85. The van der Waals surface area contributed by atoms with E-state index in [0.29, 0.717) is 6.54 Å². The predicted octanol–water partition coefficient (Wildman–Crippen LogP) is 0.0274. The average molecular weight is 238 g/mol. The number of nitrogens with one attached hydrogen (secondary N) is 1. The van der Waals surface area contributed by atoms with E-state index in [1.54, 1.807) is 0 Å². The lowest BCUT2D eigenvalue weighted by Crippen LogP contribution is -2.39. The van der Waals surface area contributed by atoms with Gasteiger partial charge in [0.05, 0.1) is 6.42 Å². The lowest BCUT2D eigenvalue weighted by molar-refractivity contribution is -0.136. The molecule has 0 aliphatic carbocycles. The molecule has 7 heteroatoms. The summed E-state index contributed by atoms with van der Waals surface area (Å²) in [6.07, 6.45) is 1.49. The van der Waals surface area contributed by atoms with Gasteiger partial charge in [0.15, 0.2) is 0 Å². The molecule has 0 rings (SSSR count). The zero-order valence-electron chi connectivity index (χ0n) is 9.06. The number of carboxylic acid groups (broad SMARTS) is 1. The highest BCUT2D eigenvalue weighted by atomic mass is 32.2. The van der Waals surface area contributed by atoms with E-state index in [1.807, 2.05) is 6.92 Å². The third-order valence-corrected chi connectivity index (χ3v) is 3.43. The Hall–Kier alpha value is -0.660. The molecule has 0 aromatic carbocycles. The number of aliphatic carboxylic acids is 1. The van der Waals surface area contributed by atoms with Crippen molar-refractivity contribution in [3.63, 3.8) is 0 Å². The summed E-state index contributed by atoms with van der Waals surface area (Å²) < 4.78 is 26.3. The van der Waals surface area contributed by atoms with Crippen LogP contribution >= 0.6 is 0 Å². The van der Waals surface area contributed by atoms with Crippen LogP contribution in [-0.2, 0) is 15.0 Å². The highest BCUT2D eigenvalue weighted by molar-refractivity contribution is 7.87. The number of hydrogen-bond donors (Lipinski definition) is 2. The van der Waals surface area contributed by atoms with Gasteiger partial charge in [-0.2, -0.15) is 12.7 Å². The molecule has 0 aromatic heterocycles. The van der Waals surface area contributed by atoms with Gasteiger partial charge in [-0.3, -0.25) is 4.79 Å². The van der Waals surface area contributed by atoms with Gasteiger partial charge in [0.2, 0.25) is 0 Å². The monoisotopic (exact) mass is 238 g/mol. The van der Waals surface area contributed by atoms with Crippen LogP contribution in [0.15, 0.2) is 0 Å². The van der Waals surface area contributed by atoms with Gasteiger partial charge >= 0.3 is 5.97 Å². The first kappa shape index (κ1) is 14.3. The molecule has 0 amide bonds. The Morgan fingerprint density at radius 2 is 2.07 bits per heavy atom. The smallest absolute Gasteiger partial charge is 0.304 e. The Balaban J connectivity index is 4.00. The molecular weight excluding hydrogens is 220 g/mol. The molecular formula is C8H18N2O4S. The Morgan fingerprint density at radius 1 is 1.47 bits per heavy atom. The van der Waals surface area contributed by atoms with Crippen LogP contribution < -0.4 is 4.72 Å². The predicted molar refractivity (Wildman–Crippen MR) is 56.7 cm³/mol. The van der Waals surface area contributed by atoms with E-state index in [4.69, 9.17) is 5.11 Å². The van der Waals surface area contributed by atoms with Gasteiger partial charge in [-0.25, -0.2) is 4.72 Å². The van der Waals surface area contributed by atoms with Crippen LogP contribution in [0.1, 0.15) is 26.2 Å². The van der Waals surface area contributed by atoms with Crippen LogP contribution in [0.4, 0.5) is 0 Å². The van der Waals surface area contributed by atoms with Gasteiger partial charge in [0.1, 0.15) is 0 Å². The third kappa shape index (κ3) is 6.43. The van der Waals surface area contributed by atoms with Crippen LogP contribution in [0.3, 0.4) is 0 Å². The van der Waals surface area contributed by atoms with Crippen molar-refractivity contribution in [1.29, 1.82) is 0 Å². The summed E-state index contributed by atoms with van der Waals surface area (Å²) in [6, 6.07) is 0. The molecule has 90 valence electrons. The molecule has 0 unspecified atom stereocenters. The highest BCUT2D eigenvalue weighted by Gasteiger charge is 2.16. The minimum Gasteiger partial charge on any atom is -0.481 e. The fourth-order valence-electron chi connectivity index (χ4n) is 0.898. The summed E-state index contributed by atoms with van der Waals surface area (Å²) in [5.74, 6) is -1.02. The maximum Gasteiger partial charge on any atom is 0.304 e. The topological polar surface area (TPSA) is 86.7 Å². The molecule has 2 N–H and O–H groups in total. The lowest BCUT2D eigenvalue weighted by atomic mass is 10.3. The molecule has 0 saturated carbocycles. The minimum absolute atomic E-state index is 0.0753. The number of carboxylic acids is 1. The van der Waals surface area contributed by atoms with E-state index < -0.39 is 16.2 Å². The SMILES string of the molecule is CCCCN(C)S(=O)(=O)NCCC(=O)O. The summed E-state index contributed by atoms with van der Waals surface area (Å²) in [5.41, 5.74) is 0. The molecule has 0 aliphatic heterocycles. The molecule has 0 fully saturated rings. The number of rotatable bonds is 8. The zero-order chi connectivity index (χ0) is 11.9. The quantitative estimate of drug-likeness (QED) is 0.624. The second-order valence-corrected chi connectivity index (χ2v) is 5.08. The Labute approximate surface area is 90.5 Å². The zero-order valence-corrected chi connectivity index (χ0v) is 9.88. The standard InChI is InChI=1S/C8H18N2O4S/c1-3-4-7-10(2)15(13,14)9-6-5-8(11)12/h9H,3-7H2,1-2H3,(H,11,12). The van der Waals surface area contributed by atoms with Crippen molar-refractivity contribution >= 4 is 16.2 Å². The van der Waals surface area contributed by atoms with Crippen molar-refractivity contribution in [3.05, 3.63) is 0 Å². The minimum atomic E-state index is -3.51. The van der Waals surface area contributed by atoms with Crippen LogP contribution in [0.25, 0.3) is 0 Å². The van der Waals surface area contributed by atoms with Crippen LogP contribution in [0.2, 0.25) is 0 Å². The van der Waals surface area contributed by atoms with Gasteiger partial charge in [-0.1, -0.05) is 13.3 Å². The summed E-state index contributed by atoms with van der Waals surface area (Å²) in [7, 11) is -2.04.